The van der Waals surface area contributed by atoms with Crippen molar-refractivity contribution in [3.63, 3.8) is 0 Å². The standard InChI is InChI=1S/C15H24N2/c1-4-14-6-5-7-15(10-14)13(3)17-9-8-16-11-12(17)2/h5-7,10,12-13,16H,4,8-9,11H2,1-3H3/t12-,13+/m1/s1. The van der Waals surface area contributed by atoms with E-state index in [1.807, 2.05) is 0 Å². The first-order valence-electron chi connectivity index (χ1n) is 6.77. The third-order valence-corrected chi connectivity index (χ3v) is 3.89. The molecule has 1 N–H and O–H groups in total. The molecule has 1 fully saturated rings. The van der Waals surface area contributed by atoms with Crippen LogP contribution in [0.5, 0.6) is 0 Å². The summed E-state index contributed by atoms with van der Waals surface area (Å²) < 4.78 is 0. The molecule has 1 aliphatic rings. The summed E-state index contributed by atoms with van der Waals surface area (Å²) in [5.74, 6) is 0. The summed E-state index contributed by atoms with van der Waals surface area (Å²) in [6.07, 6.45) is 1.12. The van der Waals surface area contributed by atoms with Crippen LogP contribution in [0.2, 0.25) is 0 Å². The molecule has 2 heteroatoms. The molecule has 2 atom stereocenters. The SMILES string of the molecule is CCc1cccc([C@H](C)N2CCNC[C@H]2C)c1. The van der Waals surface area contributed by atoms with E-state index in [1.165, 1.54) is 11.1 Å². The van der Waals surface area contributed by atoms with Gasteiger partial charge in [0.2, 0.25) is 0 Å². The molecule has 2 rings (SSSR count). The van der Waals surface area contributed by atoms with E-state index in [0.29, 0.717) is 12.1 Å². The molecule has 0 aromatic heterocycles. The maximum Gasteiger partial charge on any atom is 0.0323 e. The lowest BCUT2D eigenvalue weighted by Gasteiger charge is -2.38. The van der Waals surface area contributed by atoms with Crippen molar-refractivity contribution in [1.82, 2.24) is 10.2 Å². The molecule has 94 valence electrons. The number of aryl methyl sites for hydroxylation is 1. The van der Waals surface area contributed by atoms with Crippen molar-refractivity contribution in [2.45, 2.75) is 39.3 Å². The normalized spacial score (nSPS) is 23.6. The maximum atomic E-state index is 3.45. The number of hydrogen-bond acceptors (Lipinski definition) is 2. The van der Waals surface area contributed by atoms with E-state index in [0.717, 1.165) is 26.1 Å². The Morgan fingerprint density at radius 2 is 2.29 bits per heavy atom. The molecule has 0 aliphatic carbocycles. The fraction of sp³-hybridized carbons (Fsp3) is 0.600. The van der Waals surface area contributed by atoms with Gasteiger partial charge in [-0.05, 0) is 31.4 Å². The van der Waals surface area contributed by atoms with Crippen LogP contribution in [-0.4, -0.2) is 30.6 Å². The van der Waals surface area contributed by atoms with Crippen LogP contribution >= 0.6 is 0 Å². The molecule has 0 amide bonds. The van der Waals surface area contributed by atoms with Gasteiger partial charge < -0.3 is 5.32 Å². The van der Waals surface area contributed by atoms with Gasteiger partial charge in [-0.3, -0.25) is 4.90 Å². The molecule has 1 heterocycles. The molecule has 2 nitrogen and oxygen atoms in total. The van der Waals surface area contributed by atoms with Gasteiger partial charge in [0, 0.05) is 31.7 Å². The lowest BCUT2D eigenvalue weighted by Crippen LogP contribution is -2.50. The molecule has 1 aromatic rings. The highest BCUT2D eigenvalue weighted by atomic mass is 15.2. The minimum Gasteiger partial charge on any atom is -0.314 e. The Labute approximate surface area is 105 Å². The van der Waals surface area contributed by atoms with Crippen LogP contribution in [0.1, 0.15) is 37.9 Å². The average Bonchev–Trinajstić information content (AvgIpc) is 2.38. The first-order valence-corrected chi connectivity index (χ1v) is 6.77. The zero-order valence-electron chi connectivity index (χ0n) is 11.2. The predicted octanol–water partition coefficient (Wildman–Crippen LogP) is 2.60. The fourth-order valence-corrected chi connectivity index (χ4v) is 2.70. The molecular weight excluding hydrogens is 208 g/mol. The van der Waals surface area contributed by atoms with E-state index in [4.69, 9.17) is 0 Å². The molecule has 1 aromatic carbocycles. The number of nitrogens with one attached hydrogen (secondary N) is 1. The van der Waals surface area contributed by atoms with Crippen molar-refractivity contribution in [3.8, 4) is 0 Å². The van der Waals surface area contributed by atoms with Gasteiger partial charge in [0.15, 0.2) is 0 Å². The average molecular weight is 232 g/mol. The lowest BCUT2D eigenvalue weighted by atomic mass is 10.0. The Morgan fingerprint density at radius 1 is 1.47 bits per heavy atom. The van der Waals surface area contributed by atoms with Gasteiger partial charge in [-0.25, -0.2) is 0 Å². The fourth-order valence-electron chi connectivity index (χ4n) is 2.70. The second kappa shape index (κ2) is 5.65. The monoisotopic (exact) mass is 232 g/mol. The van der Waals surface area contributed by atoms with E-state index >= 15 is 0 Å². The van der Waals surface area contributed by atoms with Gasteiger partial charge in [0.05, 0.1) is 0 Å². The number of rotatable bonds is 3. The Kier molecular flexibility index (Phi) is 4.19. The Hall–Kier alpha value is -0.860. The van der Waals surface area contributed by atoms with Crippen LogP contribution in [0, 0.1) is 0 Å². The molecule has 0 bridgehead atoms. The van der Waals surface area contributed by atoms with Crippen molar-refractivity contribution in [3.05, 3.63) is 35.4 Å². The first-order chi connectivity index (χ1) is 8.22. The predicted molar refractivity (Wildman–Crippen MR) is 73.3 cm³/mol. The summed E-state index contributed by atoms with van der Waals surface area (Å²) in [7, 11) is 0. The van der Waals surface area contributed by atoms with Crippen LogP contribution in [0.4, 0.5) is 0 Å². The summed E-state index contributed by atoms with van der Waals surface area (Å²) in [6.45, 7) is 10.2. The van der Waals surface area contributed by atoms with E-state index < -0.39 is 0 Å². The summed E-state index contributed by atoms with van der Waals surface area (Å²) in [5, 5.41) is 3.45. The Balaban J connectivity index is 2.14. The molecule has 0 spiro atoms. The van der Waals surface area contributed by atoms with E-state index in [-0.39, 0.29) is 0 Å². The second-order valence-corrected chi connectivity index (χ2v) is 5.07. The molecule has 0 saturated carbocycles. The minimum atomic E-state index is 0.526. The van der Waals surface area contributed by atoms with Gasteiger partial charge in [0.25, 0.3) is 0 Å². The number of piperazine rings is 1. The van der Waals surface area contributed by atoms with Crippen molar-refractivity contribution in [2.75, 3.05) is 19.6 Å². The van der Waals surface area contributed by atoms with Crippen LogP contribution in [0.15, 0.2) is 24.3 Å². The molecule has 0 radical (unpaired) electrons. The lowest BCUT2D eigenvalue weighted by molar-refractivity contribution is 0.126. The zero-order chi connectivity index (χ0) is 12.3. The highest BCUT2D eigenvalue weighted by Gasteiger charge is 2.23. The summed E-state index contributed by atoms with van der Waals surface area (Å²) in [6, 6.07) is 10.2. The number of benzene rings is 1. The highest BCUT2D eigenvalue weighted by molar-refractivity contribution is 5.26. The summed E-state index contributed by atoms with van der Waals surface area (Å²) in [5.41, 5.74) is 2.90. The quantitative estimate of drug-likeness (QED) is 0.862. The molecular formula is C15H24N2. The van der Waals surface area contributed by atoms with E-state index in [2.05, 4.69) is 55.3 Å². The maximum absolute atomic E-state index is 3.45. The van der Waals surface area contributed by atoms with Gasteiger partial charge in [-0.15, -0.1) is 0 Å². The third kappa shape index (κ3) is 2.88. The van der Waals surface area contributed by atoms with Crippen LogP contribution in [0.25, 0.3) is 0 Å². The van der Waals surface area contributed by atoms with Crippen LogP contribution in [0.3, 0.4) is 0 Å². The van der Waals surface area contributed by atoms with Crippen LogP contribution < -0.4 is 5.32 Å². The molecule has 1 aliphatic heterocycles. The van der Waals surface area contributed by atoms with Gasteiger partial charge in [-0.2, -0.15) is 0 Å². The topological polar surface area (TPSA) is 15.3 Å². The van der Waals surface area contributed by atoms with Crippen molar-refractivity contribution in [2.24, 2.45) is 0 Å². The van der Waals surface area contributed by atoms with Crippen LogP contribution in [-0.2, 0) is 6.42 Å². The third-order valence-electron chi connectivity index (χ3n) is 3.89. The summed E-state index contributed by atoms with van der Waals surface area (Å²) >= 11 is 0. The van der Waals surface area contributed by atoms with Crippen molar-refractivity contribution < 1.29 is 0 Å². The molecule has 0 unspecified atom stereocenters. The van der Waals surface area contributed by atoms with Crippen molar-refractivity contribution in [1.29, 1.82) is 0 Å². The summed E-state index contributed by atoms with van der Waals surface area (Å²) in [4.78, 5) is 2.60. The largest absolute Gasteiger partial charge is 0.314 e. The zero-order valence-corrected chi connectivity index (χ0v) is 11.2. The number of nitrogens with zero attached hydrogens (tertiary/aromatic N) is 1. The first kappa shape index (κ1) is 12.6. The van der Waals surface area contributed by atoms with E-state index in [1.54, 1.807) is 0 Å². The van der Waals surface area contributed by atoms with Gasteiger partial charge >= 0.3 is 0 Å². The Morgan fingerprint density at radius 3 is 3.00 bits per heavy atom. The van der Waals surface area contributed by atoms with E-state index in [9.17, 15) is 0 Å². The smallest absolute Gasteiger partial charge is 0.0323 e. The van der Waals surface area contributed by atoms with Crippen molar-refractivity contribution >= 4 is 0 Å². The second-order valence-electron chi connectivity index (χ2n) is 5.07. The molecule has 17 heavy (non-hydrogen) atoms. The van der Waals surface area contributed by atoms with Gasteiger partial charge in [0.1, 0.15) is 0 Å². The minimum absolute atomic E-state index is 0.526. The highest BCUT2D eigenvalue weighted by Crippen LogP contribution is 2.24. The van der Waals surface area contributed by atoms with Gasteiger partial charge in [-0.1, -0.05) is 31.2 Å². The Bertz CT molecular complexity index is 362. The molecule has 1 saturated heterocycles. The number of hydrogen-bond donors (Lipinski definition) is 1.